The van der Waals surface area contributed by atoms with Crippen LogP contribution in [0, 0.1) is 0 Å². The number of sulfonamides is 1. The Bertz CT molecular complexity index is 1010. The fourth-order valence-electron chi connectivity index (χ4n) is 3.71. The molecule has 1 aliphatic carbocycles. The molecular formula is C22H26Cl2N2O4S. The van der Waals surface area contributed by atoms with Gasteiger partial charge in [-0.25, -0.2) is 8.42 Å². The molecule has 3 rings (SSSR count). The lowest BCUT2D eigenvalue weighted by Crippen LogP contribution is -2.45. The minimum absolute atomic E-state index is 0.134. The van der Waals surface area contributed by atoms with Crippen LogP contribution in [0.25, 0.3) is 0 Å². The van der Waals surface area contributed by atoms with Crippen molar-refractivity contribution in [1.82, 2.24) is 4.31 Å². The van der Waals surface area contributed by atoms with Crippen molar-refractivity contribution in [1.29, 1.82) is 0 Å². The molecule has 1 fully saturated rings. The van der Waals surface area contributed by atoms with Crippen LogP contribution in [-0.2, 0) is 14.8 Å². The van der Waals surface area contributed by atoms with Crippen LogP contribution in [0.5, 0.6) is 5.75 Å². The van der Waals surface area contributed by atoms with Gasteiger partial charge in [-0.2, -0.15) is 4.31 Å². The quantitative estimate of drug-likeness (QED) is 0.547. The Balaban J connectivity index is 1.85. The largest absolute Gasteiger partial charge is 0.494 e. The number of amides is 1. The average molecular weight is 485 g/mol. The molecule has 0 atom stereocenters. The zero-order valence-electron chi connectivity index (χ0n) is 17.3. The third-order valence-electron chi connectivity index (χ3n) is 5.23. The summed E-state index contributed by atoms with van der Waals surface area (Å²) in [6, 6.07) is 10.8. The van der Waals surface area contributed by atoms with E-state index in [-0.39, 0.29) is 17.5 Å². The molecule has 0 radical (unpaired) electrons. The summed E-state index contributed by atoms with van der Waals surface area (Å²) >= 11 is 12.1. The Morgan fingerprint density at radius 2 is 1.77 bits per heavy atom. The highest BCUT2D eigenvalue weighted by atomic mass is 35.5. The second kappa shape index (κ2) is 10.7. The van der Waals surface area contributed by atoms with Crippen LogP contribution in [0.2, 0.25) is 10.0 Å². The van der Waals surface area contributed by atoms with Crippen LogP contribution >= 0.6 is 23.2 Å². The van der Waals surface area contributed by atoms with Gasteiger partial charge in [-0.15, -0.1) is 0 Å². The molecule has 0 spiro atoms. The van der Waals surface area contributed by atoms with E-state index in [1.165, 1.54) is 22.5 Å². The summed E-state index contributed by atoms with van der Waals surface area (Å²) in [5.41, 5.74) is 0.348. The molecule has 6 nitrogen and oxygen atoms in total. The first-order chi connectivity index (χ1) is 14.8. The lowest BCUT2D eigenvalue weighted by atomic mass is 9.95. The van der Waals surface area contributed by atoms with Gasteiger partial charge in [-0.1, -0.05) is 42.5 Å². The summed E-state index contributed by atoms with van der Waals surface area (Å²) in [4.78, 5) is 12.9. The topological polar surface area (TPSA) is 75.7 Å². The van der Waals surface area contributed by atoms with Crippen molar-refractivity contribution in [3.63, 3.8) is 0 Å². The third kappa shape index (κ3) is 6.13. The molecule has 0 unspecified atom stereocenters. The number of nitrogens with one attached hydrogen (secondary N) is 1. The van der Waals surface area contributed by atoms with Crippen LogP contribution in [-0.4, -0.2) is 37.8 Å². The Morgan fingerprint density at radius 1 is 1.10 bits per heavy atom. The van der Waals surface area contributed by atoms with Crippen LogP contribution in [0.3, 0.4) is 0 Å². The van der Waals surface area contributed by atoms with Gasteiger partial charge in [-0.3, -0.25) is 4.79 Å². The van der Waals surface area contributed by atoms with Crippen molar-refractivity contribution < 1.29 is 17.9 Å². The zero-order valence-corrected chi connectivity index (χ0v) is 19.6. The Labute approximate surface area is 193 Å². The first-order valence-corrected chi connectivity index (χ1v) is 12.5. The van der Waals surface area contributed by atoms with Crippen molar-refractivity contribution >= 4 is 44.8 Å². The molecule has 2 aromatic carbocycles. The Hall–Kier alpha value is -1.80. The van der Waals surface area contributed by atoms with Gasteiger partial charge in [0.15, 0.2) is 0 Å². The number of ether oxygens (including phenoxy) is 1. The number of rotatable bonds is 8. The molecule has 31 heavy (non-hydrogen) atoms. The highest BCUT2D eigenvalue weighted by molar-refractivity contribution is 7.89. The predicted molar refractivity (Wildman–Crippen MR) is 123 cm³/mol. The molecule has 0 aliphatic heterocycles. The fraction of sp³-hybridized carbons (Fsp3) is 0.409. The number of hydrogen-bond acceptors (Lipinski definition) is 4. The first-order valence-electron chi connectivity index (χ1n) is 10.3. The van der Waals surface area contributed by atoms with Gasteiger partial charge in [0.1, 0.15) is 5.75 Å². The lowest BCUT2D eigenvalue weighted by molar-refractivity contribution is -0.116. The van der Waals surface area contributed by atoms with E-state index in [0.29, 0.717) is 28.1 Å². The number of benzene rings is 2. The number of anilines is 1. The van der Waals surface area contributed by atoms with Crippen LogP contribution in [0.4, 0.5) is 5.69 Å². The average Bonchev–Trinajstić information content (AvgIpc) is 2.76. The second-order valence-corrected chi connectivity index (χ2v) is 10.2. The van der Waals surface area contributed by atoms with E-state index in [0.717, 1.165) is 32.1 Å². The lowest BCUT2D eigenvalue weighted by Gasteiger charge is -2.33. The molecule has 0 aromatic heterocycles. The molecule has 1 saturated carbocycles. The summed E-state index contributed by atoms with van der Waals surface area (Å²) in [6.07, 6.45) is 4.38. The van der Waals surface area contributed by atoms with E-state index in [1.54, 1.807) is 24.3 Å². The number of nitrogens with zero attached hydrogens (tertiary/aromatic N) is 1. The van der Waals surface area contributed by atoms with E-state index in [1.807, 2.05) is 6.92 Å². The summed E-state index contributed by atoms with van der Waals surface area (Å²) in [5, 5.41) is 3.44. The first kappa shape index (κ1) is 23.9. The van der Waals surface area contributed by atoms with Gasteiger partial charge in [0.2, 0.25) is 15.9 Å². The molecule has 0 bridgehead atoms. The zero-order chi connectivity index (χ0) is 22.4. The molecular weight excluding hydrogens is 459 g/mol. The number of halogens is 2. The molecule has 1 aliphatic rings. The molecule has 2 aromatic rings. The number of carbonyl (C=O) groups is 1. The van der Waals surface area contributed by atoms with Crippen molar-refractivity contribution in [2.24, 2.45) is 0 Å². The minimum Gasteiger partial charge on any atom is -0.494 e. The minimum atomic E-state index is -3.88. The van der Waals surface area contributed by atoms with Gasteiger partial charge in [0.25, 0.3) is 0 Å². The van der Waals surface area contributed by atoms with Crippen molar-refractivity contribution in [3.05, 3.63) is 52.5 Å². The van der Waals surface area contributed by atoms with E-state index in [2.05, 4.69) is 5.32 Å². The van der Waals surface area contributed by atoms with Gasteiger partial charge < -0.3 is 10.1 Å². The van der Waals surface area contributed by atoms with E-state index < -0.39 is 15.9 Å². The normalized spacial score (nSPS) is 15.1. The standard InChI is InChI=1S/C22H26Cl2N2O4S/c1-2-30-18-9-11-19(12-10-18)31(28,29)26(17-6-4-3-5-7-17)15-22(27)25-21-14-16(23)8-13-20(21)24/h8-14,17H,2-7,15H2,1H3,(H,25,27). The fourth-order valence-corrected chi connectivity index (χ4v) is 5.69. The highest BCUT2D eigenvalue weighted by Crippen LogP contribution is 2.29. The van der Waals surface area contributed by atoms with E-state index in [9.17, 15) is 13.2 Å². The summed E-state index contributed by atoms with van der Waals surface area (Å²) in [6.45, 7) is 2.05. The van der Waals surface area contributed by atoms with Crippen LogP contribution in [0.1, 0.15) is 39.0 Å². The summed E-state index contributed by atoms with van der Waals surface area (Å²) < 4.78 is 33.7. The SMILES string of the molecule is CCOc1ccc(S(=O)(=O)N(CC(=O)Nc2cc(Cl)ccc2Cl)C2CCCCC2)cc1. The smallest absolute Gasteiger partial charge is 0.243 e. The Morgan fingerprint density at radius 3 is 2.42 bits per heavy atom. The van der Waals surface area contributed by atoms with Gasteiger partial charge in [-0.05, 0) is 62.2 Å². The third-order valence-corrected chi connectivity index (χ3v) is 7.70. The molecule has 0 saturated heterocycles. The molecule has 168 valence electrons. The molecule has 0 heterocycles. The molecule has 9 heteroatoms. The van der Waals surface area contributed by atoms with Crippen molar-refractivity contribution in [2.45, 2.75) is 50.0 Å². The van der Waals surface area contributed by atoms with Crippen molar-refractivity contribution in [3.8, 4) is 5.75 Å². The van der Waals surface area contributed by atoms with Crippen LogP contribution < -0.4 is 10.1 Å². The Kier molecular flexibility index (Phi) is 8.22. The summed E-state index contributed by atoms with van der Waals surface area (Å²) in [7, 11) is -3.88. The summed E-state index contributed by atoms with van der Waals surface area (Å²) in [5.74, 6) is 0.128. The number of hydrogen-bond donors (Lipinski definition) is 1. The number of carbonyl (C=O) groups excluding carboxylic acids is 1. The van der Waals surface area contributed by atoms with Crippen molar-refractivity contribution in [2.75, 3.05) is 18.5 Å². The maximum atomic E-state index is 13.5. The van der Waals surface area contributed by atoms with Gasteiger partial charge in [0, 0.05) is 11.1 Å². The van der Waals surface area contributed by atoms with E-state index >= 15 is 0 Å². The van der Waals surface area contributed by atoms with E-state index in [4.69, 9.17) is 27.9 Å². The monoisotopic (exact) mass is 484 g/mol. The van der Waals surface area contributed by atoms with Crippen LogP contribution in [0.15, 0.2) is 47.4 Å². The maximum Gasteiger partial charge on any atom is 0.243 e. The second-order valence-electron chi connectivity index (χ2n) is 7.42. The highest BCUT2D eigenvalue weighted by Gasteiger charge is 2.34. The molecule has 1 N–H and O–H groups in total. The predicted octanol–water partition coefficient (Wildman–Crippen LogP) is 5.35. The van der Waals surface area contributed by atoms with Gasteiger partial charge in [0.05, 0.1) is 28.8 Å². The van der Waals surface area contributed by atoms with Gasteiger partial charge >= 0.3 is 0 Å². The maximum absolute atomic E-state index is 13.5. The molecule has 1 amide bonds.